The minimum absolute atomic E-state index is 0.143. The van der Waals surface area contributed by atoms with E-state index in [-0.39, 0.29) is 27.6 Å². The van der Waals surface area contributed by atoms with Crippen LogP contribution in [0, 0.1) is 6.92 Å². The first-order valence-electron chi connectivity index (χ1n) is 7.54. The molecular formula is C18H11BrCl2N2O4. The number of urea groups is 1. The summed E-state index contributed by atoms with van der Waals surface area (Å²) in [5.74, 6) is -1.93. The number of nitrogens with one attached hydrogen (secondary N) is 1. The Morgan fingerprint density at radius 2 is 1.85 bits per heavy atom. The summed E-state index contributed by atoms with van der Waals surface area (Å²) >= 11 is 15.2. The number of carbonyl (C=O) groups excluding carboxylic acids is 3. The molecule has 0 aliphatic carbocycles. The maximum absolute atomic E-state index is 12.8. The second-order valence-corrected chi connectivity index (χ2v) is 7.41. The zero-order valence-corrected chi connectivity index (χ0v) is 16.8. The second-order valence-electron chi connectivity index (χ2n) is 5.72. The highest BCUT2D eigenvalue weighted by Crippen LogP contribution is 2.34. The molecule has 0 unspecified atom stereocenters. The lowest BCUT2D eigenvalue weighted by molar-refractivity contribution is -0.122. The summed E-state index contributed by atoms with van der Waals surface area (Å²) < 4.78 is 0.295. The monoisotopic (exact) mass is 468 g/mol. The number of aromatic hydroxyl groups is 1. The van der Waals surface area contributed by atoms with Gasteiger partial charge in [0.25, 0.3) is 11.8 Å². The number of phenolic OH excluding ortho intramolecular Hbond substituents is 1. The number of nitrogens with zero attached hydrogens (tertiary/aromatic N) is 1. The molecule has 0 atom stereocenters. The second kappa shape index (κ2) is 7.34. The van der Waals surface area contributed by atoms with Gasteiger partial charge in [0.2, 0.25) is 0 Å². The van der Waals surface area contributed by atoms with Gasteiger partial charge in [-0.2, -0.15) is 0 Å². The van der Waals surface area contributed by atoms with E-state index in [0.717, 1.165) is 10.5 Å². The van der Waals surface area contributed by atoms with E-state index >= 15 is 0 Å². The first-order chi connectivity index (χ1) is 12.7. The predicted octanol–water partition coefficient (Wildman–Crippen LogP) is 4.44. The molecule has 2 aromatic rings. The molecule has 1 saturated heterocycles. The molecule has 4 amide bonds. The molecule has 9 heteroatoms. The summed E-state index contributed by atoms with van der Waals surface area (Å²) in [6, 6.07) is 6.61. The van der Waals surface area contributed by atoms with Gasteiger partial charge in [-0.3, -0.25) is 14.9 Å². The number of amides is 4. The topological polar surface area (TPSA) is 86.7 Å². The molecule has 1 heterocycles. The number of hydrogen-bond donors (Lipinski definition) is 2. The summed E-state index contributed by atoms with van der Waals surface area (Å²) in [7, 11) is 0. The van der Waals surface area contributed by atoms with Gasteiger partial charge in [-0.15, -0.1) is 0 Å². The molecule has 1 aliphatic rings. The lowest BCUT2D eigenvalue weighted by Crippen LogP contribution is -2.54. The molecule has 1 fully saturated rings. The van der Waals surface area contributed by atoms with Crippen LogP contribution in [0.3, 0.4) is 0 Å². The van der Waals surface area contributed by atoms with Crippen LogP contribution in [0.25, 0.3) is 6.08 Å². The van der Waals surface area contributed by atoms with Crippen molar-refractivity contribution in [3.8, 4) is 5.75 Å². The van der Waals surface area contributed by atoms with Crippen LogP contribution in [0.15, 0.2) is 40.4 Å². The first-order valence-corrected chi connectivity index (χ1v) is 9.09. The molecule has 0 aromatic heterocycles. The third-order valence-corrected chi connectivity index (χ3v) is 5.10. The molecule has 6 nitrogen and oxygen atoms in total. The number of aryl methyl sites for hydroxylation is 1. The average Bonchev–Trinajstić information content (AvgIpc) is 2.58. The van der Waals surface area contributed by atoms with Crippen molar-refractivity contribution in [3.05, 3.63) is 61.5 Å². The van der Waals surface area contributed by atoms with E-state index < -0.39 is 17.8 Å². The molecule has 0 radical (unpaired) electrons. The highest BCUT2D eigenvalue weighted by Gasteiger charge is 2.37. The minimum atomic E-state index is -0.890. The zero-order chi connectivity index (χ0) is 19.9. The van der Waals surface area contributed by atoms with Crippen LogP contribution in [0.4, 0.5) is 10.5 Å². The maximum atomic E-state index is 12.8. The normalized spacial score (nSPS) is 16.1. The van der Waals surface area contributed by atoms with Gasteiger partial charge in [-0.25, -0.2) is 9.69 Å². The van der Waals surface area contributed by atoms with Crippen molar-refractivity contribution in [3.63, 3.8) is 0 Å². The van der Waals surface area contributed by atoms with E-state index in [2.05, 4.69) is 21.2 Å². The molecule has 3 rings (SSSR count). The zero-order valence-electron chi connectivity index (χ0n) is 13.7. The van der Waals surface area contributed by atoms with Crippen molar-refractivity contribution in [1.29, 1.82) is 0 Å². The van der Waals surface area contributed by atoms with Crippen LogP contribution in [-0.4, -0.2) is 23.0 Å². The van der Waals surface area contributed by atoms with Crippen molar-refractivity contribution < 1.29 is 19.5 Å². The standard InChI is InChI=1S/C18H11BrCl2N2O4/c1-8-2-3-11(7-14(8)21)23-17(26)12(16(25)22-18(23)27)5-9-4-10(20)6-13(19)15(9)24/h2-7,24H,1H3,(H,22,25,27)/b12-5-. The molecule has 0 spiro atoms. The number of anilines is 1. The van der Waals surface area contributed by atoms with Gasteiger partial charge in [0, 0.05) is 15.6 Å². The number of rotatable bonds is 2. The largest absolute Gasteiger partial charge is 0.506 e. The lowest BCUT2D eigenvalue weighted by Gasteiger charge is -2.26. The lowest BCUT2D eigenvalue weighted by atomic mass is 10.1. The summed E-state index contributed by atoms with van der Waals surface area (Å²) in [4.78, 5) is 38.0. The van der Waals surface area contributed by atoms with Crippen LogP contribution >= 0.6 is 39.1 Å². The van der Waals surface area contributed by atoms with Crippen molar-refractivity contribution in [1.82, 2.24) is 5.32 Å². The third kappa shape index (κ3) is 3.71. The number of barbiturate groups is 1. The Labute approximate surface area is 172 Å². The van der Waals surface area contributed by atoms with Gasteiger partial charge >= 0.3 is 6.03 Å². The van der Waals surface area contributed by atoms with Crippen LogP contribution in [0.1, 0.15) is 11.1 Å². The highest BCUT2D eigenvalue weighted by atomic mass is 79.9. The summed E-state index contributed by atoms with van der Waals surface area (Å²) in [5.41, 5.74) is 0.786. The van der Waals surface area contributed by atoms with Crippen LogP contribution in [0.2, 0.25) is 10.0 Å². The first kappa shape index (κ1) is 19.4. The Bertz CT molecular complexity index is 1040. The van der Waals surface area contributed by atoms with Crippen LogP contribution in [-0.2, 0) is 9.59 Å². The Kier molecular flexibility index (Phi) is 5.28. The fraction of sp³-hybridized carbons (Fsp3) is 0.0556. The van der Waals surface area contributed by atoms with E-state index in [9.17, 15) is 19.5 Å². The quantitative estimate of drug-likeness (QED) is 0.503. The fourth-order valence-electron chi connectivity index (χ4n) is 2.46. The van der Waals surface area contributed by atoms with Crippen molar-refractivity contribution in [2.24, 2.45) is 0 Å². The van der Waals surface area contributed by atoms with Crippen LogP contribution in [0.5, 0.6) is 5.75 Å². The molecule has 0 saturated carbocycles. The minimum Gasteiger partial charge on any atom is -0.506 e. The molecule has 0 bridgehead atoms. The Morgan fingerprint density at radius 1 is 1.15 bits per heavy atom. The molecule has 2 N–H and O–H groups in total. The predicted molar refractivity (Wildman–Crippen MR) is 106 cm³/mol. The number of benzene rings is 2. The highest BCUT2D eigenvalue weighted by molar-refractivity contribution is 9.10. The SMILES string of the molecule is Cc1ccc(N2C(=O)NC(=O)/C(=C/c3cc(Cl)cc(Br)c3O)C2=O)cc1Cl. The van der Waals surface area contributed by atoms with Crippen LogP contribution < -0.4 is 10.2 Å². The Balaban J connectivity index is 2.09. The van der Waals surface area contributed by atoms with Gasteiger partial charge < -0.3 is 5.11 Å². The molecule has 138 valence electrons. The molecule has 27 heavy (non-hydrogen) atoms. The van der Waals surface area contributed by atoms with Crippen molar-refractivity contribution >= 4 is 68.7 Å². The average molecular weight is 470 g/mol. The van der Waals surface area contributed by atoms with E-state index in [1.165, 1.54) is 24.3 Å². The van der Waals surface area contributed by atoms with Gasteiger partial charge in [-0.1, -0.05) is 29.3 Å². The number of hydrogen-bond acceptors (Lipinski definition) is 4. The maximum Gasteiger partial charge on any atom is 0.335 e. The molecule has 1 aliphatic heterocycles. The van der Waals surface area contributed by atoms with E-state index in [0.29, 0.717) is 9.50 Å². The Morgan fingerprint density at radius 3 is 2.52 bits per heavy atom. The van der Waals surface area contributed by atoms with E-state index in [1.54, 1.807) is 19.1 Å². The van der Waals surface area contributed by atoms with Crippen molar-refractivity contribution in [2.75, 3.05) is 4.90 Å². The third-order valence-electron chi connectivity index (χ3n) is 3.87. The van der Waals surface area contributed by atoms with Gasteiger partial charge in [0.05, 0.1) is 10.2 Å². The molecular weight excluding hydrogens is 459 g/mol. The van der Waals surface area contributed by atoms with E-state index in [1.807, 2.05) is 0 Å². The van der Waals surface area contributed by atoms with Gasteiger partial charge in [0.15, 0.2) is 0 Å². The number of phenols is 1. The molecule has 2 aromatic carbocycles. The summed E-state index contributed by atoms with van der Waals surface area (Å²) in [5, 5.41) is 12.9. The van der Waals surface area contributed by atoms with Crippen molar-refractivity contribution in [2.45, 2.75) is 6.92 Å². The van der Waals surface area contributed by atoms with Gasteiger partial charge in [-0.05, 0) is 58.8 Å². The van der Waals surface area contributed by atoms with Gasteiger partial charge in [0.1, 0.15) is 11.3 Å². The number of imide groups is 2. The summed E-state index contributed by atoms with van der Waals surface area (Å²) in [6.45, 7) is 1.78. The Hall–Kier alpha value is -2.35. The number of carbonyl (C=O) groups is 3. The van der Waals surface area contributed by atoms with E-state index in [4.69, 9.17) is 23.2 Å². The summed E-state index contributed by atoms with van der Waals surface area (Å²) in [6.07, 6.45) is 1.17. The number of halogens is 3. The smallest absolute Gasteiger partial charge is 0.335 e. The fourth-order valence-corrected chi connectivity index (χ4v) is 3.47.